The van der Waals surface area contributed by atoms with E-state index in [1.807, 2.05) is 12.1 Å². The molecule has 0 unspecified atom stereocenters. The van der Waals surface area contributed by atoms with Crippen LogP contribution in [-0.4, -0.2) is 50.2 Å². The molecule has 146 valence electrons. The number of ether oxygens (including phenoxy) is 2. The zero-order valence-corrected chi connectivity index (χ0v) is 15.7. The van der Waals surface area contributed by atoms with Crippen molar-refractivity contribution in [1.82, 2.24) is 16.0 Å². The molecular weight excluding hydrogens is 330 g/mol. The maximum Gasteiger partial charge on any atom is 0.231 e. The van der Waals surface area contributed by atoms with Gasteiger partial charge in [0.15, 0.2) is 11.5 Å². The summed E-state index contributed by atoms with van der Waals surface area (Å²) in [5.74, 6) is 1.64. The van der Waals surface area contributed by atoms with Gasteiger partial charge in [0, 0.05) is 18.7 Å². The summed E-state index contributed by atoms with van der Waals surface area (Å²) in [6.07, 6.45) is 7.13. The number of aliphatic hydroxyl groups is 1. The van der Waals surface area contributed by atoms with Crippen LogP contribution < -0.4 is 25.4 Å². The first-order valence-corrected chi connectivity index (χ1v) is 9.97. The van der Waals surface area contributed by atoms with E-state index in [1.165, 1.54) is 37.9 Å². The summed E-state index contributed by atoms with van der Waals surface area (Å²) in [4.78, 5) is 0. The fourth-order valence-electron chi connectivity index (χ4n) is 3.78. The van der Waals surface area contributed by atoms with Crippen molar-refractivity contribution >= 4 is 0 Å². The molecule has 6 nitrogen and oxygen atoms in total. The zero-order chi connectivity index (χ0) is 18.1. The number of rotatable bonds is 5. The van der Waals surface area contributed by atoms with Gasteiger partial charge >= 0.3 is 0 Å². The summed E-state index contributed by atoms with van der Waals surface area (Å²) < 4.78 is 10.7. The van der Waals surface area contributed by atoms with Gasteiger partial charge in [-0.25, -0.2) is 0 Å². The molecule has 1 aromatic carbocycles. The molecule has 26 heavy (non-hydrogen) atoms. The van der Waals surface area contributed by atoms with Crippen LogP contribution in [0.1, 0.15) is 44.1 Å². The number of hydrogen-bond donors (Lipinski definition) is 4. The normalized spacial score (nSPS) is 21.0. The monoisotopic (exact) mass is 363 g/mol. The quantitative estimate of drug-likeness (QED) is 0.639. The smallest absolute Gasteiger partial charge is 0.231 e. The van der Waals surface area contributed by atoms with Gasteiger partial charge in [-0.05, 0) is 76.0 Å². The van der Waals surface area contributed by atoms with Gasteiger partial charge in [-0.15, -0.1) is 0 Å². The Morgan fingerprint density at radius 1 is 0.962 bits per heavy atom. The van der Waals surface area contributed by atoms with Gasteiger partial charge < -0.3 is 30.5 Å². The molecule has 4 N–H and O–H groups in total. The van der Waals surface area contributed by atoms with Crippen molar-refractivity contribution < 1.29 is 14.6 Å². The molecule has 0 radical (unpaired) electrons. The van der Waals surface area contributed by atoms with Crippen LogP contribution in [0.2, 0.25) is 0 Å². The van der Waals surface area contributed by atoms with Crippen LogP contribution in [0.3, 0.4) is 0 Å². The van der Waals surface area contributed by atoms with Gasteiger partial charge in [0.25, 0.3) is 0 Å². The van der Waals surface area contributed by atoms with E-state index in [-0.39, 0.29) is 12.1 Å². The van der Waals surface area contributed by atoms with Crippen LogP contribution in [0.4, 0.5) is 0 Å². The summed E-state index contributed by atoms with van der Waals surface area (Å²) >= 11 is 0. The third-order valence-corrected chi connectivity index (χ3v) is 5.46. The fourth-order valence-corrected chi connectivity index (χ4v) is 3.78. The van der Waals surface area contributed by atoms with Crippen LogP contribution >= 0.6 is 0 Å². The molecule has 0 atom stereocenters. The standard InChI is InChI=1S/C15H22N2O3.C5H11N/c18-8-5-15(3-6-16-7-4-15)17-10-12-1-2-13-14(9-12)20-11-19-13;1-2-4-6-5-3-1/h1-2,9,16-18H,3-8,10-11H2;6H,1-5H2. The van der Waals surface area contributed by atoms with Crippen molar-refractivity contribution in [3.05, 3.63) is 23.8 Å². The van der Waals surface area contributed by atoms with Gasteiger partial charge in [0.1, 0.15) is 0 Å². The third-order valence-electron chi connectivity index (χ3n) is 5.46. The molecule has 0 saturated carbocycles. The van der Waals surface area contributed by atoms with Crippen molar-refractivity contribution in [2.75, 3.05) is 39.6 Å². The lowest BCUT2D eigenvalue weighted by molar-refractivity contribution is 0.170. The van der Waals surface area contributed by atoms with Crippen LogP contribution in [0.25, 0.3) is 0 Å². The second-order valence-corrected chi connectivity index (χ2v) is 7.36. The number of hydrogen-bond acceptors (Lipinski definition) is 6. The first kappa shape index (κ1) is 19.4. The lowest BCUT2D eigenvalue weighted by Gasteiger charge is -2.38. The summed E-state index contributed by atoms with van der Waals surface area (Å²) in [5, 5.41) is 19.6. The highest BCUT2D eigenvalue weighted by atomic mass is 16.7. The van der Waals surface area contributed by atoms with Crippen LogP contribution in [0, 0.1) is 0 Å². The molecule has 3 aliphatic rings. The van der Waals surface area contributed by atoms with Gasteiger partial charge in [-0.3, -0.25) is 0 Å². The lowest BCUT2D eigenvalue weighted by Crippen LogP contribution is -2.52. The van der Waals surface area contributed by atoms with E-state index in [0.717, 1.165) is 50.4 Å². The van der Waals surface area contributed by atoms with E-state index in [1.54, 1.807) is 0 Å². The van der Waals surface area contributed by atoms with Crippen molar-refractivity contribution in [2.24, 2.45) is 0 Å². The molecule has 2 fully saturated rings. The maximum atomic E-state index is 9.31. The van der Waals surface area contributed by atoms with Crippen LogP contribution in [0.15, 0.2) is 18.2 Å². The number of nitrogens with one attached hydrogen (secondary N) is 3. The molecule has 4 rings (SSSR count). The minimum atomic E-state index is 0.0520. The molecular formula is C20H33N3O3. The number of benzene rings is 1. The second-order valence-electron chi connectivity index (χ2n) is 7.36. The topological polar surface area (TPSA) is 74.8 Å². The third kappa shape index (κ3) is 5.58. The number of piperidine rings is 2. The zero-order valence-electron chi connectivity index (χ0n) is 15.7. The fraction of sp³-hybridized carbons (Fsp3) is 0.700. The average Bonchev–Trinajstić information content (AvgIpc) is 3.17. The largest absolute Gasteiger partial charge is 0.454 e. The van der Waals surface area contributed by atoms with Crippen LogP contribution in [0.5, 0.6) is 11.5 Å². The summed E-state index contributed by atoms with van der Waals surface area (Å²) in [5.41, 5.74) is 1.24. The highest BCUT2D eigenvalue weighted by molar-refractivity contribution is 5.44. The molecule has 0 aliphatic carbocycles. The van der Waals surface area contributed by atoms with Crippen molar-refractivity contribution in [2.45, 2.75) is 50.6 Å². The Morgan fingerprint density at radius 2 is 1.69 bits per heavy atom. The molecule has 0 amide bonds. The average molecular weight is 364 g/mol. The van der Waals surface area contributed by atoms with E-state index in [0.29, 0.717) is 6.79 Å². The SMILES string of the molecule is C1CCNCC1.OCCC1(NCc2ccc3c(c2)OCO3)CCNCC1. The minimum Gasteiger partial charge on any atom is -0.454 e. The summed E-state index contributed by atoms with van der Waals surface area (Å²) in [7, 11) is 0. The maximum absolute atomic E-state index is 9.31. The summed E-state index contributed by atoms with van der Waals surface area (Å²) in [6.45, 7) is 5.85. The van der Waals surface area contributed by atoms with Gasteiger partial charge in [-0.1, -0.05) is 12.5 Å². The van der Waals surface area contributed by atoms with Gasteiger partial charge in [-0.2, -0.15) is 0 Å². The van der Waals surface area contributed by atoms with E-state index in [9.17, 15) is 5.11 Å². The Labute approximate surface area is 156 Å². The highest BCUT2D eigenvalue weighted by Crippen LogP contribution is 2.33. The van der Waals surface area contributed by atoms with Crippen molar-refractivity contribution in [3.8, 4) is 11.5 Å². The van der Waals surface area contributed by atoms with Gasteiger partial charge in [0.2, 0.25) is 6.79 Å². The minimum absolute atomic E-state index is 0.0520. The Bertz CT molecular complexity index is 526. The van der Waals surface area contributed by atoms with E-state index >= 15 is 0 Å². The Morgan fingerprint density at radius 3 is 2.35 bits per heavy atom. The van der Waals surface area contributed by atoms with Gasteiger partial charge in [0.05, 0.1) is 0 Å². The molecule has 0 bridgehead atoms. The molecule has 0 aromatic heterocycles. The molecule has 6 heteroatoms. The molecule has 3 heterocycles. The van der Waals surface area contributed by atoms with E-state index < -0.39 is 0 Å². The first-order valence-electron chi connectivity index (χ1n) is 9.97. The van der Waals surface area contributed by atoms with E-state index in [4.69, 9.17) is 9.47 Å². The molecule has 0 spiro atoms. The van der Waals surface area contributed by atoms with Crippen molar-refractivity contribution in [1.29, 1.82) is 0 Å². The Hall–Kier alpha value is -1.34. The predicted molar refractivity (Wildman–Crippen MR) is 103 cm³/mol. The Kier molecular flexibility index (Phi) is 7.55. The first-order chi connectivity index (χ1) is 12.8. The number of fused-ring (bicyclic) bond motifs is 1. The second kappa shape index (κ2) is 10.1. The molecule has 3 aliphatic heterocycles. The van der Waals surface area contributed by atoms with E-state index in [2.05, 4.69) is 22.0 Å². The lowest BCUT2D eigenvalue weighted by atomic mass is 9.85. The predicted octanol–water partition coefficient (Wildman–Crippen LogP) is 1.77. The van der Waals surface area contributed by atoms with Crippen molar-refractivity contribution in [3.63, 3.8) is 0 Å². The molecule has 2 saturated heterocycles. The highest BCUT2D eigenvalue weighted by Gasteiger charge is 2.30. The summed E-state index contributed by atoms with van der Waals surface area (Å²) in [6, 6.07) is 6.05. The molecule has 1 aromatic rings. The number of aliphatic hydroxyl groups excluding tert-OH is 1. The van der Waals surface area contributed by atoms with Crippen LogP contribution in [-0.2, 0) is 6.54 Å². The Balaban J connectivity index is 0.000000278.